The molecule has 1 spiro atoms. The van der Waals surface area contributed by atoms with Crippen LogP contribution in [-0.4, -0.2) is 61.2 Å². The van der Waals surface area contributed by atoms with Crippen LogP contribution in [0, 0.1) is 19.3 Å². The molecule has 0 bridgehead atoms. The number of hydrogen-bond acceptors (Lipinski definition) is 6. The minimum absolute atomic E-state index is 0.0185. The van der Waals surface area contributed by atoms with Gasteiger partial charge >= 0.3 is 0 Å². The van der Waals surface area contributed by atoms with Crippen molar-refractivity contribution in [3.05, 3.63) is 47.6 Å². The molecule has 8 nitrogen and oxygen atoms in total. The standard InChI is InChI=1S/C21H26N6O2/c1-15-8-24-17(9-23-15)11-27-13-21(6-4-19(27)28)5-3-7-26(12-21)20(29)18-10-22-14-25-16(18)2/h8-10,14H,3-7,11-13H2,1-2H3. The lowest BCUT2D eigenvalue weighted by Gasteiger charge is -2.48. The van der Waals surface area contributed by atoms with Crippen molar-refractivity contribution in [1.82, 2.24) is 29.7 Å². The van der Waals surface area contributed by atoms with Gasteiger partial charge < -0.3 is 9.80 Å². The number of aromatic nitrogens is 4. The molecule has 152 valence electrons. The van der Waals surface area contributed by atoms with Gasteiger partial charge in [0.2, 0.25) is 5.91 Å². The summed E-state index contributed by atoms with van der Waals surface area (Å²) in [5.41, 5.74) is 2.84. The molecule has 2 aromatic rings. The second-order valence-electron chi connectivity index (χ2n) is 8.25. The van der Waals surface area contributed by atoms with Gasteiger partial charge in [0.1, 0.15) is 6.33 Å². The van der Waals surface area contributed by atoms with Crippen molar-refractivity contribution in [3.8, 4) is 0 Å². The maximum atomic E-state index is 13.1. The van der Waals surface area contributed by atoms with Crippen LogP contribution in [0.4, 0.5) is 0 Å². The molecule has 2 amide bonds. The number of hydrogen-bond donors (Lipinski definition) is 0. The molecule has 2 aliphatic heterocycles. The van der Waals surface area contributed by atoms with Gasteiger partial charge in [0.15, 0.2) is 0 Å². The molecular weight excluding hydrogens is 368 g/mol. The zero-order chi connectivity index (χ0) is 20.4. The van der Waals surface area contributed by atoms with Gasteiger partial charge in [0.25, 0.3) is 5.91 Å². The monoisotopic (exact) mass is 394 g/mol. The normalized spacial score (nSPS) is 22.2. The molecule has 4 rings (SSSR count). The van der Waals surface area contributed by atoms with Gasteiger partial charge in [-0.15, -0.1) is 0 Å². The number of carbonyl (C=O) groups excluding carboxylic acids is 2. The van der Waals surface area contributed by atoms with Crippen molar-refractivity contribution in [2.24, 2.45) is 5.41 Å². The zero-order valence-corrected chi connectivity index (χ0v) is 17.0. The van der Waals surface area contributed by atoms with Gasteiger partial charge in [0, 0.05) is 43.9 Å². The van der Waals surface area contributed by atoms with Gasteiger partial charge in [-0.3, -0.25) is 19.6 Å². The first-order valence-corrected chi connectivity index (χ1v) is 10.1. The lowest BCUT2D eigenvalue weighted by atomic mass is 9.73. The lowest BCUT2D eigenvalue weighted by Crippen LogP contribution is -2.55. The van der Waals surface area contributed by atoms with E-state index in [0.29, 0.717) is 37.3 Å². The zero-order valence-electron chi connectivity index (χ0n) is 17.0. The summed E-state index contributed by atoms with van der Waals surface area (Å²) in [5, 5.41) is 0. The summed E-state index contributed by atoms with van der Waals surface area (Å²) in [6.45, 7) is 6.22. The number of nitrogens with zero attached hydrogens (tertiary/aromatic N) is 6. The Balaban J connectivity index is 1.49. The third kappa shape index (κ3) is 4.11. The van der Waals surface area contributed by atoms with Gasteiger partial charge in [-0.2, -0.15) is 0 Å². The van der Waals surface area contributed by atoms with Crippen LogP contribution >= 0.6 is 0 Å². The SMILES string of the molecule is Cc1cnc(CN2CC3(CCCN(C(=O)c4cncnc4C)C3)CCC2=O)cn1. The van der Waals surface area contributed by atoms with Crippen molar-refractivity contribution in [1.29, 1.82) is 0 Å². The molecule has 1 unspecified atom stereocenters. The average Bonchev–Trinajstić information content (AvgIpc) is 2.73. The first-order chi connectivity index (χ1) is 14.0. The quantitative estimate of drug-likeness (QED) is 0.790. The van der Waals surface area contributed by atoms with Crippen LogP contribution in [0.15, 0.2) is 24.9 Å². The number of rotatable bonds is 3. The van der Waals surface area contributed by atoms with Crippen LogP contribution in [0.2, 0.25) is 0 Å². The summed E-state index contributed by atoms with van der Waals surface area (Å²) in [5.74, 6) is 0.129. The number of amides is 2. The largest absolute Gasteiger partial charge is 0.338 e. The summed E-state index contributed by atoms with van der Waals surface area (Å²) < 4.78 is 0. The van der Waals surface area contributed by atoms with Crippen molar-refractivity contribution in [3.63, 3.8) is 0 Å². The second-order valence-corrected chi connectivity index (χ2v) is 8.25. The minimum atomic E-state index is -0.0660. The summed E-state index contributed by atoms with van der Waals surface area (Å²) in [7, 11) is 0. The minimum Gasteiger partial charge on any atom is -0.338 e. The molecule has 0 aliphatic carbocycles. The highest BCUT2D eigenvalue weighted by Gasteiger charge is 2.43. The van der Waals surface area contributed by atoms with Crippen LogP contribution in [0.5, 0.6) is 0 Å². The van der Waals surface area contributed by atoms with E-state index in [0.717, 1.165) is 37.2 Å². The van der Waals surface area contributed by atoms with Crippen LogP contribution in [-0.2, 0) is 11.3 Å². The summed E-state index contributed by atoms with van der Waals surface area (Å²) in [4.78, 5) is 46.3. The molecule has 2 saturated heterocycles. The molecule has 4 heterocycles. The third-order valence-electron chi connectivity index (χ3n) is 6.03. The maximum absolute atomic E-state index is 13.1. The van der Waals surface area contributed by atoms with E-state index in [1.807, 2.05) is 23.6 Å². The Kier molecular flexibility index (Phi) is 5.25. The van der Waals surface area contributed by atoms with Crippen LogP contribution < -0.4 is 0 Å². The number of likely N-dealkylation sites (tertiary alicyclic amines) is 2. The highest BCUT2D eigenvalue weighted by atomic mass is 16.2. The average molecular weight is 394 g/mol. The Bertz CT molecular complexity index is 916. The smallest absolute Gasteiger partial charge is 0.257 e. The molecule has 29 heavy (non-hydrogen) atoms. The molecule has 0 N–H and O–H groups in total. The molecule has 8 heteroatoms. The molecule has 2 fully saturated rings. The molecular formula is C21H26N6O2. The van der Waals surface area contributed by atoms with Crippen molar-refractivity contribution >= 4 is 11.8 Å². The molecule has 2 aliphatic rings. The van der Waals surface area contributed by atoms with E-state index in [4.69, 9.17) is 0 Å². The third-order valence-corrected chi connectivity index (χ3v) is 6.03. The Labute approximate surface area is 170 Å². The topological polar surface area (TPSA) is 92.2 Å². The van der Waals surface area contributed by atoms with E-state index in [9.17, 15) is 9.59 Å². The Morgan fingerprint density at radius 2 is 1.97 bits per heavy atom. The maximum Gasteiger partial charge on any atom is 0.257 e. The Morgan fingerprint density at radius 1 is 1.10 bits per heavy atom. The molecule has 2 aromatic heterocycles. The first-order valence-electron chi connectivity index (χ1n) is 10.1. The van der Waals surface area contributed by atoms with E-state index >= 15 is 0 Å². The highest BCUT2D eigenvalue weighted by Crippen LogP contribution is 2.39. The van der Waals surface area contributed by atoms with Crippen LogP contribution in [0.25, 0.3) is 0 Å². The summed E-state index contributed by atoms with van der Waals surface area (Å²) in [6, 6.07) is 0. The molecule has 0 radical (unpaired) electrons. The summed E-state index contributed by atoms with van der Waals surface area (Å²) >= 11 is 0. The fraction of sp³-hybridized carbons (Fsp3) is 0.524. The van der Waals surface area contributed by atoms with Gasteiger partial charge in [0.05, 0.1) is 35.4 Å². The highest BCUT2D eigenvalue weighted by molar-refractivity contribution is 5.95. The fourth-order valence-corrected chi connectivity index (χ4v) is 4.43. The predicted molar refractivity (Wildman–Crippen MR) is 106 cm³/mol. The van der Waals surface area contributed by atoms with E-state index in [1.54, 1.807) is 18.6 Å². The fourth-order valence-electron chi connectivity index (χ4n) is 4.43. The van der Waals surface area contributed by atoms with E-state index < -0.39 is 0 Å². The van der Waals surface area contributed by atoms with Crippen LogP contribution in [0.3, 0.4) is 0 Å². The number of aryl methyl sites for hydroxylation is 2. The summed E-state index contributed by atoms with van der Waals surface area (Å²) in [6.07, 6.45) is 9.80. The molecule has 0 aromatic carbocycles. The Hall–Kier alpha value is -2.90. The van der Waals surface area contributed by atoms with Crippen molar-refractivity contribution < 1.29 is 9.59 Å². The van der Waals surface area contributed by atoms with Gasteiger partial charge in [-0.25, -0.2) is 9.97 Å². The number of carbonyl (C=O) groups is 2. The molecule has 1 atom stereocenters. The van der Waals surface area contributed by atoms with Gasteiger partial charge in [-0.05, 0) is 33.1 Å². The van der Waals surface area contributed by atoms with Crippen molar-refractivity contribution in [2.75, 3.05) is 19.6 Å². The molecule has 0 saturated carbocycles. The van der Waals surface area contributed by atoms with E-state index in [-0.39, 0.29) is 17.2 Å². The predicted octanol–water partition coefficient (Wildman–Crippen LogP) is 1.93. The van der Waals surface area contributed by atoms with E-state index in [1.165, 1.54) is 6.33 Å². The van der Waals surface area contributed by atoms with Gasteiger partial charge in [-0.1, -0.05) is 0 Å². The van der Waals surface area contributed by atoms with Crippen LogP contribution in [0.1, 0.15) is 53.1 Å². The second kappa shape index (κ2) is 7.85. The first kappa shape index (κ1) is 19.4. The number of piperidine rings is 2. The lowest BCUT2D eigenvalue weighted by molar-refractivity contribution is -0.139. The van der Waals surface area contributed by atoms with E-state index in [2.05, 4.69) is 19.9 Å². The van der Waals surface area contributed by atoms with Crippen molar-refractivity contribution in [2.45, 2.75) is 46.1 Å². The Morgan fingerprint density at radius 3 is 2.72 bits per heavy atom.